The standard InChI is InChI=1S/C20H20ClN5O3S2/c1-2-28-17-9-14(5-8-16(17)29-11-13-3-6-15(21)7-4-13)10-23-24-18(27)12-30-20-26-25-19(22)31-20/h3-10H,2,11-12H2,1H3,(H2,22,25)(H,24,27). The number of benzene rings is 2. The van der Waals surface area contributed by atoms with Crippen molar-refractivity contribution in [3.63, 3.8) is 0 Å². The molecule has 31 heavy (non-hydrogen) atoms. The maximum atomic E-state index is 11.9. The number of nitrogens with zero attached hydrogens (tertiary/aromatic N) is 3. The largest absolute Gasteiger partial charge is 0.490 e. The maximum absolute atomic E-state index is 11.9. The Balaban J connectivity index is 1.54. The Labute approximate surface area is 192 Å². The average Bonchev–Trinajstić information content (AvgIpc) is 3.18. The van der Waals surface area contributed by atoms with Gasteiger partial charge in [-0.3, -0.25) is 4.79 Å². The van der Waals surface area contributed by atoms with E-state index in [1.165, 1.54) is 29.3 Å². The van der Waals surface area contributed by atoms with Gasteiger partial charge in [-0.15, -0.1) is 10.2 Å². The first kappa shape index (κ1) is 22.9. The van der Waals surface area contributed by atoms with Gasteiger partial charge in [0, 0.05) is 5.02 Å². The van der Waals surface area contributed by atoms with E-state index in [1.54, 1.807) is 12.1 Å². The van der Waals surface area contributed by atoms with Crippen molar-refractivity contribution in [2.45, 2.75) is 17.9 Å². The molecule has 0 saturated carbocycles. The van der Waals surface area contributed by atoms with E-state index in [-0.39, 0.29) is 11.7 Å². The van der Waals surface area contributed by atoms with Gasteiger partial charge in [-0.1, -0.05) is 46.8 Å². The van der Waals surface area contributed by atoms with Gasteiger partial charge < -0.3 is 15.2 Å². The van der Waals surface area contributed by atoms with Crippen LogP contribution in [0, 0.1) is 0 Å². The van der Waals surface area contributed by atoms with E-state index in [4.69, 9.17) is 26.8 Å². The molecular formula is C20H20ClN5O3S2. The summed E-state index contributed by atoms with van der Waals surface area (Å²) in [5.74, 6) is 1.11. The third-order valence-corrected chi connectivity index (χ3v) is 5.86. The predicted octanol–water partition coefficient (Wildman–Crippen LogP) is 3.99. The molecule has 11 heteroatoms. The summed E-state index contributed by atoms with van der Waals surface area (Å²) in [6.07, 6.45) is 1.54. The van der Waals surface area contributed by atoms with Gasteiger partial charge in [0.1, 0.15) is 6.61 Å². The Morgan fingerprint density at radius 2 is 2.03 bits per heavy atom. The summed E-state index contributed by atoms with van der Waals surface area (Å²) in [5, 5.41) is 12.6. The van der Waals surface area contributed by atoms with Crippen LogP contribution in [0.2, 0.25) is 5.02 Å². The number of nitrogen functional groups attached to an aromatic ring is 1. The molecule has 0 aliphatic rings. The average molecular weight is 478 g/mol. The molecule has 1 amide bonds. The first-order valence-electron chi connectivity index (χ1n) is 9.21. The highest BCUT2D eigenvalue weighted by molar-refractivity contribution is 8.01. The first-order valence-corrected chi connectivity index (χ1v) is 11.4. The number of rotatable bonds is 10. The summed E-state index contributed by atoms with van der Waals surface area (Å²) in [5.41, 5.74) is 9.74. The summed E-state index contributed by atoms with van der Waals surface area (Å²) >= 11 is 8.39. The second kappa shape index (κ2) is 11.5. The van der Waals surface area contributed by atoms with Crippen molar-refractivity contribution in [2.75, 3.05) is 18.1 Å². The molecule has 0 atom stereocenters. The number of amides is 1. The van der Waals surface area contributed by atoms with E-state index < -0.39 is 0 Å². The lowest BCUT2D eigenvalue weighted by atomic mass is 10.2. The van der Waals surface area contributed by atoms with Crippen LogP contribution in [-0.4, -0.2) is 34.7 Å². The molecular weight excluding hydrogens is 458 g/mol. The minimum atomic E-state index is -0.261. The van der Waals surface area contributed by atoms with Gasteiger partial charge in [0.25, 0.3) is 5.91 Å². The lowest BCUT2D eigenvalue weighted by molar-refractivity contribution is -0.118. The Morgan fingerprint density at radius 3 is 2.74 bits per heavy atom. The predicted molar refractivity (Wildman–Crippen MR) is 124 cm³/mol. The zero-order valence-corrected chi connectivity index (χ0v) is 19.0. The molecule has 0 bridgehead atoms. The Hall–Kier alpha value is -2.82. The lowest BCUT2D eigenvalue weighted by Crippen LogP contribution is -2.19. The number of hydrogen-bond donors (Lipinski definition) is 2. The van der Waals surface area contributed by atoms with Crippen LogP contribution in [0.3, 0.4) is 0 Å². The Bertz CT molecular complexity index is 1040. The number of hydrazone groups is 1. The number of anilines is 1. The topological polar surface area (TPSA) is 112 Å². The van der Waals surface area contributed by atoms with Gasteiger partial charge >= 0.3 is 0 Å². The van der Waals surface area contributed by atoms with Crippen molar-refractivity contribution >= 4 is 52.0 Å². The number of halogens is 1. The van der Waals surface area contributed by atoms with E-state index in [0.717, 1.165) is 11.1 Å². The van der Waals surface area contributed by atoms with Gasteiger partial charge in [-0.05, 0) is 48.4 Å². The summed E-state index contributed by atoms with van der Waals surface area (Å²) in [6.45, 7) is 2.77. The van der Waals surface area contributed by atoms with Crippen LogP contribution in [0.25, 0.3) is 0 Å². The van der Waals surface area contributed by atoms with Crippen molar-refractivity contribution in [3.05, 3.63) is 58.6 Å². The maximum Gasteiger partial charge on any atom is 0.250 e. The number of thioether (sulfide) groups is 1. The molecule has 0 aliphatic carbocycles. The van der Waals surface area contributed by atoms with Gasteiger partial charge in [-0.2, -0.15) is 5.10 Å². The molecule has 0 fully saturated rings. The zero-order chi connectivity index (χ0) is 22.1. The molecule has 0 spiro atoms. The number of hydrogen-bond acceptors (Lipinski definition) is 9. The molecule has 0 radical (unpaired) electrons. The molecule has 3 aromatic rings. The molecule has 2 aromatic carbocycles. The minimum Gasteiger partial charge on any atom is -0.490 e. The first-order chi connectivity index (χ1) is 15.0. The van der Waals surface area contributed by atoms with E-state index in [2.05, 4.69) is 20.7 Å². The number of carbonyl (C=O) groups excluding carboxylic acids is 1. The highest BCUT2D eigenvalue weighted by Gasteiger charge is 2.08. The smallest absolute Gasteiger partial charge is 0.250 e. The lowest BCUT2D eigenvalue weighted by Gasteiger charge is -2.12. The molecule has 3 rings (SSSR count). The van der Waals surface area contributed by atoms with E-state index >= 15 is 0 Å². The molecule has 1 aromatic heterocycles. The molecule has 1 heterocycles. The number of nitrogens with one attached hydrogen (secondary N) is 1. The third-order valence-electron chi connectivity index (χ3n) is 3.73. The van der Waals surface area contributed by atoms with Gasteiger partial charge in [-0.25, -0.2) is 5.43 Å². The summed E-state index contributed by atoms with van der Waals surface area (Å²) in [6, 6.07) is 12.9. The highest BCUT2D eigenvalue weighted by Crippen LogP contribution is 2.29. The quantitative estimate of drug-likeness (QED) is 0.258. The van der Waals surface area contributed by atoms with Gasteiger partial charge in [0.2, 0.25) is 5.13 Å². The number of aromatic nitrogens is 2. The SMILES string of the molecule is CCOc1cc(C=NNC(=O)CSc2nnc(N)s2)ccc1OCc1ccc(Cl)cc1. The van der Waals surface area contributed by atoms with Crippen molar-refractivity contribution in [1.82, 2.24) is 15.6 Å². The van der Waals surface area contributed by atoms with Crippen LogP contribution in [0.1, 0.15) is 18.1 Å². The fourth-order valence-electron chi connectivity index (χ4n) is 2.35. The summed E-state index contributed by atoms with van der Waals surface area (Å²) in [7, 11) is 0. The van der Waals surface area contributed by atoms with Gasteiger partial charge in [0.05, 0.1) is 18.6 Å². The second-order valence-electron chi connectivity index (χ2n) is 6.04. The number of carbonyl (C=O) groups is 1. The van der Waals surface area contributed by atoms with Crippen LogP contribution >= 0.6 is 34.7 Å². The van der Waals surface area contributed by atoms with Crippen LogP contribution < -0.4 is 20.6 Å². The number of ether oxygens (including phenoxy) is 2. The summed E-state index contributed by atoms with van der Waals surface area (Å²) < 4.78 is 12.2. The van der Waals surface area contributed by atoms with E-state index in [1.807, 2.05) is 37.3 Å². The monoisotopic (exact) mass is 477 g/mol. The van der Waals surface area contributed by atoms with Crippen molar-refractivity contribution in [3.8, 4) is 11.5 Å². The molecule has 0 saturated heterocycles. The zero-order valence-electron chi connectivity index (χ0n) is 16.6. The molecule has 0 aliphatic heterocycles. The third kappa shape index (κ3) is 7.42. The Morgan fingerprint density at radius 1 is 1.23 bits per heavy atom. The van der Waals surface area contributed by atoms with Crippen LogP contribution in [-0.2, 0) is 11.4 Å². The van der Waals surface area contributed by atoms with Crippen molar-refractivity contribution in [1.29, 1.82) is 0 Å². The Kier molecular flexibility index (Phi) is 8.51. The van der Waals surface area contributed by atoms with Crippen LogP contribution in [0.4, 0.5) is 5.13 Å². The minimum absolute atomic E-state index is 0.160. The van der Waals surface area contributed by atoms with Crippen molar-refractivity contribution in [2.24, 2.45) is 5.10 Å². The van der Waals surface area contributed by atoms with Gasteiger partial charge in [0.15, 0.2) is 15.8 Å². The number of nitrogens with two attached hydrogens (primary N) is 1. The van der Waals surface area contributed by atoms with E-state index in [9.17, 15) is 4.79 Å². The fraction of sp³-hybridized carbons (Fsp3) is 0.200. The van der Waals surface area contributed by atoms with Crippen molar-refractivity contribution < 1.29 is 14.3 Å². The fourth-order valence-corrected chi connectivity index (χ4v) is 3.91. The van der Waals surface area contributed by atoms with Crippen LogP contribution in [0.5, 0.6) is 11.5 Å². The normalized spacial score (nSPS) is 10.9. The van der Waals surface area contributed by atoms with E-state index in [0.29, 0.717) is 39.2 Å². The summed E-state index contributed by atoms with van der Waals surface area (Å²) in [4.78, 5) is 11.9. The molecule has 8 nitrogen and oxygen atoms in total. The molecule has 3 N–H and O–H groups in total. The highest BCUT2D eigenvalue weighted by atomic mass is 35.5. The van der Waals surface area contributed by atoms with Crippen LogP contribution in [0.15, 0.2) is 51.9 Å². The second-order valence-corrected chi connectivity index (χ2v) is 8.71. The molecule has 162 valence electrons. The molecule has 0 unspecified atom stereocenters.